The molecular formula is C13H17N3O. The predicted octanol–water partition coefficient (Wildman–Crippen LogP) is 1.68. The summed E-state index contributed by atoms with van der Waals surface area (Å²) in [6.07, 6.45) is 2.00. The van der Waals surface area contributed by atoms with Gasteiger partial charge in [0.15, 0.2) is 0 Å². The molecule has 1 unspecified atom stereocenters. The van der Waals surface area contributed by atoms with Crippen LogP contribution in [0.1, 0.15) is 26.5 Å². The predicted molar refractivity (Wildman–Crippen MR) is 64.9 cm³/mol. The van der Waals surface area contributed by atoms with Crippen LogP contribution in [-0.2, 0) is 11.2 Å². The van der Waals surface area contributed by atoms with E-state index in [1.807, 2.05) is 39.0 Å². The van der Waals surface area contributed by atoms with Crippen LogP contribution in [0, 0.1) is 17.2 Å². The molecule has 1 heterocycles. The Morgan fingerprint density at radius 3 is 2.71 bits per heavy atom. The number of aromatic nitrogens is 1. The maximum Gasteiger partial charge on any atom is 0.238 e. The van der Waals surface area contributed by atoms with Gasteiger partial charge in [0, 0.05) is 23.9 Å². The Bertz CT molecular complexity index is 415. The van der Waals surface area contributed by atoms with Crippen LogP contribution in [0.5, 0.6) is 0 Å². The molecule has 0 aliphatic rings. The number of carbonyl (C=O) groups excluding carboxylic acids is 1. The van der Waals surface area contributed by atoms with E-state index in [-0.39, 0.29) is 11.4 Å². The fourth-order valence-corrected chi connectivity index (χ4v) is 1.38. The molecule has 0 saturated carbocycles. The summed E-state index contributed by atoms with van der Waals surface area (Å²) in [6.45, 7) is 5.67. The molecule has 1 amide bonds. The van der Waals surface area contributed by atoms with E-state index in [4.69, 9.17) is 5.26 Å². The number of pyridine rings is 1. The first kappa shape index (κ1) is 13.2. The summed E-state index contributed by atoms with van der Waals surface area (Å²) in [5, 5.41) is 11.8. The van der Waals surface area contributed by atoms with Gasteiger partial charge in [-0.25, -0.2) is 0 Å². The van der Waals surface area contributed by atoms with Crippen molar-refractivity contribution in [3.63, 3.8) is 0 Å². The van der Waals surface area contributed by atoms with E-state index in [2.05, 4.69) is 10.3 Å². The first-order valence-corrected chi connectivity index (χ1v) is 5.54. The second-order valence-electron chi connectivity index (χ2n) is 4.95. The Hall–Kier alpha value is -1.89. The number of carbonyl (C=O) groups is 1. The molecule has 0 radical (unpaired) electrons. The van der Waals surface area contributed by atoms with Gasteiger partial charge in [-0.05, 0) is 32.9 Å². The highest BCUT2D eigenvalue weighted by atomic mass is 16.2. The number of nitrogens with one attached hydrogen (secondary N) is 1. The molecule has 0 saturated heterocycles. The third-order valence-corrected chi connectivity index (χ3v) is 2.11. The van der Waals surface area contributed by atoms with Crippen LogP contribution in [0.3, 0.4) is 0 Å². The number of rotatable bonds is 3. The van der Waals surface area contributed by atoms with Gasteiger partial charge < -0.3 is 5.32 Å². The Balaban J connectivity index is 2.68. The highest BCUT2D eigenvalue weighted by Gasteiger charge is 2.23. The fourth-order valence-electron chi connectivity index (χ4n) is 1.38. The van der Waals surface area contributed by atoms with Crippen LogP contribution in [0.15, 0.2) is 24.4 Å². The lowest BCUT2D eigenvalue weighted by atomic mass is 10.0. The lowest BCUT2D eigenvalue weighted by Crippen LogP contribution is -2.44. The quantitative estimate of drug-likeness (QED) is 0.860. The van der Waals surface area contributed by atoms with Crippen LogP contribution < -0.4 is 5.32 Å². The average Bonchev–Trinajstić information content (AvgIpc) is 2.24. The maximum absolute atomic E-state index is 11.8. The van der Waals surface area contributed by atoms with Gasteiger partial charge in [-0.2, -0.15) is 5.26 Å². The number of hydrogen-bond acceptors (Lipinski definition) is 3. The molecule has 0 aliphatic heterocycles. The number of nitriles is 1. The SMILES string of the molecule is CC(C)(C)NC(=O)C(C#N)Cc1ccccn1. The summed E-state index contributed by atoms with van der Waals surface area (Å²) in [4.78, 5) is 15.9. The van der Waals surface area contributed by atoms with Gasteiger partial charge in [-0.1, -0.05) is 6.07 Å². The smallest absolute Gasteiger partial charge is 0.238 e. The van der Waals surface area contributed by atoms with Crippen LogP contribution in [0.4, 0.5) is 0 Å². The van der Waals surface area contributed by atoms with E-state index in [9.17, 15) is 4.79 Å². The van der Waals surface area contributed by atoms with Gasteiger partial charge in [0.1, 0.15) is 5.92 Å². The van der Waals surface area contributed by atoms with Crippen molar-refractivity contribution in [2.24, 2.45) is 5.92 Å². The second kappa shape index (κ2) is 5.44. The molecular weight excluding hydrogens is 214 g/mol. The first-order chi connectivity index (χ1) is 7.92. The lowest BCUT2D eigenvalue weighted by Gasteiger charge is -2.22. The Kier molecular flexibility index (Phi) is 4.22. The van der Waals surface area contributed by atoms with Gasteiger partial charge in [-0.3, -0.25) is 9.78 Å². The monoisotopic (exact) mass is 231 g/mol. The van der Waals surface area contributed by atoms with Crippen molar-refractivity contribution in [3.8, 4) is 6.07 Å². The highest BCUT2D eigenvalue weighted by Crippen LogP contribution is 2.08. The van der Waals surface area contributed by atoms with Gasteiger partial charge in [0.2, 0.25) is 5.91 Å². The van der Waals surface area contributed by atoms with Crippen molar-refractivity contribution in [3.05, 3.63) is 30.1 Å². The van der Waals surface area contributed by atoms with Crippen LogP contribution in [-0.4, -0.2) is 16.4 Å². The van der Waals surface area contributed by atoms with E-state index >= 15 is 0 Å². The largest absolute Gasteiger partial charge is 0.350 e. The van der Waals surface area contributed by atoms with E-state index in [1.54, 1.807) is 12.3 Å². The molecule has 0 aromatic carbocycles. The molecule has 1 rings (SSSR count). The third kappa shape index (κ3) is 4.64. The molecule has 90 valence electrons. The third-order valence-electron chi connectivity index (χ3n) is 2.11. The standard InChI is InChI=1S/C13H17N3O/c1-13(2,3)16-12(17)10(9-14)8-11-6-4-5-7-15-11/h4-7,10H,8H2,1-3H3,(H,16,17). The highest BCUT2D eigenvalue weighted by molar-refractivity contribution is 5.81. The summed E-state index contributed by atoms with van der Waals surface area (Å²) in [7, 11) is 0. The van der Waals surface area contributed by atoms with Crippen molar-refractivity contribution in [2.75, 3.05) is 0 Å². The van der Waals surface area contributed by atoms with Crippen molar-refractivity contribution in [1.82, 2.24) is 10.3 Å². The van der Waals surface area contributed by atoms with Crippen molar-refractivity contribution < 1.29 is 4.79 Å². The van der Waals surface area contributed by atoms with Crippen LogP contribution in [0.2, 0.25) is 0 Å². The molecule has 0 bridgehead atoms. The minimum absolute atomic E-state index is 0.245. The van der Waals surface area contributed by atoms with Crippen molar-refractivity contribution in [1.29, 1.82) is 5.26 Å². The van der Waals surface area contributed by atoms with Gasteiger partial charge in [0.25, 0.3) is 0 Å². The summed E-state index contributed by atoms with van der Waals surface area (Å²) >= 11 is 0. The number of amides is 1. The molecule has 1 aromatic rings. The van der Waals surface area contributed by atoms with Crippen molar-refractivity contribution in [2.45, 2.75) is 32.7 Å². The van der Waals surface area contributed by atoms with Gasteiger partial charge in [0.05, 0.1) is 6.07 Å². The summed E-state index contributed by atoms with van der Waals surface area (Å²) in [5.41, 5.74) is 0.430. The second-order valence-corrected chi connectivity index (χ2v) is 4.95. The molecule has 1 aromatic heterocycles. The Morgan fingerprint density at radius 2 is 2.24 bits per heavy atom. The minimum atomic E-state index is -0.691. The van der Waals surface area contributed by atoms with E-state index in [1.165, 1.54) is 0 Å². The fraction of sp³-hybridized carbons (Fsp3) is 0.462. The van der Waals surface area contributed by atoms with Crippen molar-refractivity contribution >= 4 is 5.91 Å². The summed E-state index contributed by atoms with van der Waals surface area (Å²) in [5.74, 6) is -0.935. The number of nitrogens with zero attached hydrogens (tertiary/aromatic N) is 2. The average molecular weight is 231 g/mol. The first-order valence-electron chi connectivity index (χ1n) is 5.54. The van der Waals surface area contributed by atoms with E-state index in [0.717, 1.165) is 5.69 Å². The Morgan fingerprint density at radius 1 is 1.53 bits per heavy atom. The van der Waals surface area contributed by atoms with Crippen LogP contribution >= 0.6 is 0 Å². The Labute approximate surface area is 102 Å². The van der Waals surface area contributed by atoms with E-state index < -0.39 is 5.92 Å². The summed E-state index contributed by atoms with van der Waals surface area (Å²) < 4.78 is 0. The zero-order valence-corrected chi connectivity index (χ0v) is 10.4. The zero-order valence-electron chi connectivity index (χ0n) is 10.4. The molecule has 0 spiro atoms. The molecule has 17 heavy (non-hydrogen) atoms. The zero-order chi connectivity index (χ0) is 12.9. The lowest BCUT2D eigenvalue weighted by molar-refractivity contribution is -0.124. The van der Waals surface area contributed by atoms with E-state index in [0.29, 0.717) is 6.42 Å². The normalized spacial score (nSPS) is 12.6. The molecule has 1 N–H and O–H groups in total. The minimum Gasteiger partial charge on any atom is -0.350 e. The topological polar surface area (TPSA) is 65.8 Å². The molecule has 4 heteroatoms. The number of hydrogen-bond donors (Lipinski definition) is 1. The molecule has 1 atom stereocenters. The van der Waals surface area contributed by atoms with Crippen LogP contribution in [0.25, 0.3) is 0 Å². The summed E-state index contributed by atoms with van der Waals surface area (Å²) in [6, 6.07) is 7.49. The molecule has 0 aliphatic carbocycles. The van der Waals surface area contributed by atoms with Gasteiger partial charge >= 0.3 is 0 Å². The maximum atomic E-state index is 11.8. The molecule has 0 fully saturated rings. The molecule has 4 nitrogen and oxygen atoms in total. The van der Waals surface area contributed by atoms with Gasteiger partial charge in [-0.15, -0.1) is 0 Å².